The predicted molar refractivity (Wildman–Crippen MR) is 112 cm³/mol. The Morgan fingerprint density at radius 1 is 1.20 bits per heavy atom. The van der Waals surface area contributed by atoms with Crippen LogP contribution in [-0.4, -0.2) is 16.6 Å². The Kier molecular flexibility index (Phi) is 6.31. The number of halogens is 2. The van der Waals surface area contributed by atoms with Crippen molar-refractivity contribution in [3.8, 4) is 0 Å². The number of benzene rings is 1. The average molecular weight is 439 g/mol. The lowest BCUT2D eigenvalue weighted by atomic mass is 9.69. The van der Waals surface area contributed by atoms with Gasteiger partial charge in [0.2, 0.25) is 0 Å². The number of thiocarbonyl (C=S) groups is 1. The van der Waals surface area contributed by atoms with Crippen molar-refractivity contribution in [1.82, 2.24) is 10.3 Å². The molecule has 1 aliphatic rings. The molecule has 3 rings (SSSR count). The molecule has 1 aliphatic carbocycles. The van der Waals surface area contributed by atoms with Crippen molar-refractivity contribution in [3.05, 3.63) is 57.7 Å². The molecule has 2 N–H and O–H groups in total. The molecule has 0 saturated heterocycles. The molecule has 25 heavy (non-hydrogen) atoms. The van der Waals surface area contributed by atoms with Crippen molar-refractivity contribution in [1.29, 1.82) is 0 Å². The van der Waals surface area contributed by atoms with Crippen LogP contribution in [0.2, 0.25) is 5.02 Å². The molecule has 0 spiro atoms. The summed E-state index contributed by atoms with van der Waals surface area (Å²) in [7, 11) is 0. The van der Waals surface area contributed by atoms with Crippen LogP contribution in [0.25, 0.3) is 0 Å². The molecule has 1 aromatic carbocycles. The minimum atomic E-state index is 0.141. The second kappa shape index (κ2) is 8.47. The van der Waals surface area contributed by atoms with Gasteiger partial charge in [0.25, 0.3) is 0 Å². The van der Waals surface area contributed by atoms with Gasteiger partial charge >= 0.3 is 0 Å². The smallest absolute Gasteiger partial charge is 0.172 e. The molecule has 1 fully saturated rings. The zero-order valence-corrected chi connectivity index (χ0v) is 17.1. The molecule has 0 radical (unpaired) electrons. The lowest BCUT2D eigenvalue weighted by molar-refractivity contribution is 0.292. The van der Waals surface area contributed by atoms with E-state index in [4.69, 9.17) is 23.8 Å². The number of anilines is 1. The molecule has 1 aromatic heterocycles. The fourth-order valence-electron chi connectivity index (χ4n) is 3.50. The largest absolute Gasteiger partial charge is 0.362 e. The number of nitrogens with one attached hydrogen (secondary N) is 2. The Balaban J connectivity index is 1.68. The van der Waals surface area contributed by atoms with Crippen LogP contribution in [-0.2, 0) is 5.41 Å². The highest BCUT2D eigenvalue weighted by atomic mass is 79.9. The van der Waals surface area contributed by atoms with Crippen molar-refractivity contribution in [3.63, 3.8) is 0 Å². The summed E-state index contributed by atoms with van der Waals surface area (Å²) < 4.78 is 0.840. The lowest BCUT2D eigenvalue weighted by Crippen LogP contribution is -2.43. The summed E-state index contributed by atoms with van der Waals surface area (Å²) in [6.45, 7) is 0.816. The number of nitrogens with zero attached hydrogens (tertiary/aromatic N) is 1. The first-order valence-corrected chi connectivity index (χ1v) is 10.1. The van der Waals surface area contributed by atoms with Crippen LogP contribution in [0, 0.1) is 0 Å². The molecular formula is C19H21BrClN3S. The van der Waals surface area contributed by atoms with Gasteiger partial charge in [0.15, 0.2) is 10.9 Å². The van der Waals surface area contributed by atoms with Crippen LogP contribution in [0.4, 0.5) is 5.82 Å². The second-order valence-electron chi connectivity index (χ2n) is 6.50. The van der Waals surface area contributed by atoms with E-state index in [-0.39, 0.29) is 5.41 Å². The maximum atomic E-state index is 6.20. The maximum Gasteiger partial charge on any atom is 0.172 e. The Labute approximate surface area is 167 Å². The summed E-state index contributed by atoms with van der Waals surface area (Å²) in [5.74, 6) is 0.569. The normalized spacial score (nSPS) is 16.2. The van der Waals surface area contributed by atoms with Crippen LogP contribution < -0.4 is 10.6 Å². The first-order chi connectivity index (χ1) is 12.1. The predicted octanol–water partition coefficient (Wildman–Crippen LogP) is 5.69. The van der Waals surface area contributed by atoms with Crippen molar-refractivity contribution in [2.75, 3.05) is 11.9 Å². The number of hydrogen-bond donors (Lipinski definition) is 2. The molecular weight excluding hydrogens is 418 g/mol. The summed E-state index contributed by atoms with van der Waals surface area (Å²) in [4.78, 5) is 4.27. The highest BCUT2D eigenvalue weighted by molar-refractivity contribution is 9.10. The third-order valence-electron chi connectivity index (χ3n) is 4.82. The summed E-state index contributed by atoms with van der Waals surface area (Å²) in [6, 6.07) is 12.6. The quantitative estimate of drug-likeness (QED) is 0.602. The monoisotopic (exact) mass is 437 g/mol. The van der Waals surface area contributed by atoms with Gasteiger partial charge in [0.05, 0.1) is 5.02 Å². The van der Waals surface area contributed by atoms with E-state index in [1.165, 1.54) is 37.7 Å². The molecule has 3 nitrogen and oxygen atoms in total. The topological polar surface area (TPSA) is 37.0 Å². The summed E-state index contributed by atoms with van der Waals surface area (Å²) in [6.07, 6.45) is 7.90. The third kappa shape index (κ3) is 4.72. The van der Waals surface area contributed by atoms with Gasteiger partial charge in [-0.05, 0) is 52.6 Å². The molecule has 0 unspecified atom stereocenters. The minimum Gasteiger partial charge on any atom is -0.362 e. The molecule has 0 bridgehead atoms. The molecule has 1 heterocycles. The molecule has 132 valence electrons. The van der Waals surface area contributed by atoms with Crippen LogP contribution in [0.5, 0.6) is 0 Å². The van der Waals surface area contributed by atoms with Crippen molar-refractivity contribution in [2.45, 2.75) is 37.5 Å². The molecule has 0 aliphatic heterocycles. The molecule has 2 aromatic rings. The van der Waals surface area contributed by atoms with Gasteiger partial charge < -0.3 is 10.6 Å². The van der Waals surface area contributed by atoms with E-state index in [1.807, 2.05) is 0 Å². The van der Waals surface area contributed by atoms with Crippen LogP contribution in [0.3, 0.4) is 0 Å². The fraction of sp³-hybridized carbons (Fsp3) is 0.368. The number of aromatic nitrogens is 1. The van der Waals surface area contributed by atoms with Crippen LogP contribution >= 0.6 is 39.7 Å². The van der Waals surface area contributed by atoms with Gasteiger partial charge in [0, 0.05) is 22.6 Å². The Morgan fingerprint density at radius 2 is 1.92 bits per heavy atom. The van der Waals surface area contributed by atoms with Crippen LogP contribution in [0.1, 0.15) is 37.7 Å². The Morgan fingerprint density at radius 3 is 2.60 bits per heavy atom. The van der Waals surface area contributed by atoms with Gasteiger partial charge in [-0.2, -0.15) is 0 Å². The van der Waals surface area contributed by atoms with Crippen molar-refractivity contribution < 1.29 is 0 Å². The Bertz CT molecular complexity index is 733. The average Bonchev–Trinajstić information content (AvgIpc) is 2.64. The standard InChI is InChI=1S/C19H21BrClN3S/c20-15-11-16(21)17(22-12-15)24-18(25)23-13-19(9-5-2-6-10-19)14-7-3-1-4-8-14/h1,3-4,7-8,11-12H,2,5-6,9-10,13H2,(H2,22,23,24,25). The first-order valence-electron chi connectivity index (χ1n) is 8.50. The van der Waals surface area contributed by atoms with E-state index in [2.05, 4.69) is 61.9 Å². The van der Waals surface area contributed by atoms with E-state index in [0.29, 0.717) is 16.0 Å². The summed E-state index contributed by atoms with van der Waals surface area (Å²) in [5, 5.41) is 7.58. The van der Waals surface area contributed by atoms with E-state index >= 15 is 0 Å². The summed E-state index contributed by atoms with van der Waals surface area (Å²) >= 11 is 15.0. The Hall–Kier alpha value is -1.17. The first kappa shape index (κ1) is 18.6. The maximum absolute atomic E-state index is 6.20. The van der Waals surface area contributed by atoms with Gasteiger partial charge in [-0.1, -0.05) is 61.2 Å². The van der Waals surface area contributed by atoms with E-state index in [9.17, 15) is 0 Å². The van der Waals surface area contributed by atoms with Crippen molar-refractivity contribution >= 4 is 50.7 Å². The zero-order chi connectivity index (χ0) is 17.7. The van der Waals surface area contributed by atoms with Crippen molar-refractivity contribution in [2.24, 2.45) is 0 Å². The SMILES string of the molecule is S=C(NCC1(c2ccccc2)CCCCC1)Nc1ncc(Br)cc1Cl. The molecule has 1 saturated carbocycles. The van der Waals surface area contributed by atoms with E-state index in [1.54, 1.807) is 12.3 Å². The molecule has 0 amide bonds. The minimum absolute atomic E-state index is 0.141. The zero-order valence-electron chi connectivity index (χ0n) is 13.9. The second-order valence-corrected chi connectivity index (χ2v) is 8.23. The highest BCUT2D eigenvalue weighted by Crippen LogP contribution is 2.38. The number of hydrogen-bond acceptors (Lipinski definition) is 2. The number of pyridine rings is 1. The van der Waals surface area contributed by atoms with Gasteiger partial charge in [-0.15, -0.1) is 0 Å². The fourth-order valence-corrected chi connectivity index (χ4v) is 4.34. The van der Waals surface area contributed by atoms with Crippen LogP contribution in [0.15, 0.2) is 47.1 Å². The highest BCUT2D eigenvalue weighted by Gasteiger charge is 2.33. The molecule has 0 atom stereocenters. The van der Waals surface area contributed by atoms with E-state index < -0.39 is 0 Å². The number of rotatable bonds is 4. The third-order valence-corrected chi connectivity index (χ3v) is 5.79. The van der Waals surface area contributed by atoms with Gasteiger partial charge in [-0.25, -0.2) is 4.98 Å². The lowest BCUT2D eigenvalue weighted by Gasteiger charge is -2.38. The van der Waals surface area contributed by atoms with Gasteiger partial charge in [0.1, 0.15) is 0 Å². The van der Waals surface area contributed by atoms with Gasteiger partial charge in [-0.3, -0.25) is 0 Å². The van der Waals surface area contributed by atoms with E-state index in [0.717, 1.165) is 11.0 Å². The summed E-state index contributed by atoms with van der Waals surface area (Å²) in [5.41, 5.74) is 1.53. The molecule has 6 heteroatoms.